The number of piperidine rings is 1. The van der Waals surface area contributed by atoms with Crippen molar-refractivity contribution >= 4 is 27.5 Å². The van der Waals surface area contributed by atoms with Gasteiger partial charge in [-0.15, -0.1) is 0 Å². The molecule has 0 aromatic heterocycles. The number of halogens is 3. The van der Waals surface area contributed by atoms with E-state index in [0.717, 1.165) is 34.6 Å². The van der Waals surface area contributed by atoms with E-state index >= 15 is 0 Å². The molecule has 1 heterocycles. The molecule has 21 heavy (non-hydrogen) atoms. The Bertz CT molecular complexity index is 646. The third kappa shape index (κ3) is 3.31. The Morgan fingerprint density at radius 2 is 2.00 bits per heavy atom. The monoisotopic (exact) mass is 367 g/mol. The Hall–Kier alpha value is -0.900. The zero-order valence-corrected chi connectivity index (χ0v) is 13.8. The highest BCUT2D eigenvalue weighted by atomic mass is 79.9. The fourth-order valence-electron chi connectivity index (χ4n) is 3.12. The summed E-state index contributed by atoms with van der Waals surface area (Å²) in [5.74, 6) is 0.410. The van der Waals surface area contributed by atoms with E-state index in [0.29, 0.717) is 5.92 Å². The van der Waals surface area contributed by atoms with Crippen molar-refractivity contribution in [1.82, 2.24) is 5.32 Å². The van der Waals surface area contributed by atoms with Crippen LogP contribution in [0, 0.1) is 5.82 Å². The molecule has 110 valence electrons. The lowest BCUT2D eigenvalue weighted by Crippen LogP contribution is -2.34. The normalized spacial score (nSPS) is 22.2. The number of rotatable bonds is 2. The van der Waals surface area contributed by atoms with Crippen LogP contribution in [0.25, 0.3) is 0 Å². The summed E-state index contributed by atoms with van der Waals surface area (Å²) in [6.07, 6.45) is 1.01. The molecule has 4 heteroatoms. The highest BCUT2D eigenvalue weighted by molar-refractivity contribution is 9.10. The van der Waals surface area contributed by atoms with Gasteiger partial charge in [0.05, 0.1) is 0 Å². The Morgan fingerprint density at radius 3 is 2.81 bits per heavy atom. The van der Waals surface area contributed by atoms with E-state index in [4.69, 9.17) is 11.6 Å². The maximum Gasteiger partial charge on any atom is 0.123 e. The maximum atomic E-state index is 13.5. The summed E-state index contributed by atoms with van der Waals surface area (Å²) in [7, 11) is 0. The average Bonchev–Trinajstić information content (AvgIpc) is 2.50. The van der Waals surface area contributed by atoms with E-state index in [-0.39, 0.29) is 11.7 Å². The lowest BCUT2D eigenvalue weighted by Gasteiger charge is -2.33. The van der Waals surface area contributed by atoms with Gasteiger partial charge >= 0.3 is 0 Å². The average molecular weight is 369 g/mol. The zero-order valence-electron chi connectivity index (χ0n) is 11.5. The van der Waals surface area contributed by atoms with Gasteiger partial charge in [-0.05, 0) is 60.3 Å². The smallest absolute Gasteiger partial charge is 0.123 e. The molecule has 0 radical (unpaired) electrons. The van der Waals surface area contributed by atoms with Crippen molar-refractivity contribution in [3.8, 4) is 0 Å². The molecular formula is C17H16BrClFN. The fraction of sp³-hybridized carbons (Fsp3) is 0.294. The lowest BCUT2D eigenvalue weighted by molar-refractivity contribution is 0.402. The Balaban J connectivity index is 2.00. The molecule has 1 aliphatic rings. The third-order valence-electron chi connectivity index (χ3n) is 4.12. The van der Waals surface area contributed by atoms with E-state index < -0.39 is 0 Å². The molecule has 2 atom stereocenters. The maximum absolute atomic E-state index is 13.5. The molecule has 2 aromatic carbocycles. The summed E-state index contributed by atoms with van der Waals surface area (Å²) in [5, 5.41) is 4.16. The summed E-state index contributed by atoms with van der Waals surface area (Å²) >= 11 is 9.79. The van der Waals surface area contributed by atoms with E-state index in [9.17, 15) is 4.39 Å². The molecule has 2 aromatic rings. The number of benzene rings is 2. The first-order chi connectivity index (χ1) is 10.1. The van der Waals surface area contributed by atoms with Crippen LogP contribution in [-0.2, 0) is 0 Å². The number of hydrogen-bond acceptors (Lipinski definition) is 1. The van der Waals surface area contributed by atoms with Crippen LogP contribution in [0.2, 0.25) is 5.02 Å². The quantitative estimate of drug-likeness (QED) is 0.777. The van der Waals surface area contributed by atoms with Crippen molar-refractivity contribution in [2.75, 3.05) is 13.1 Å². The van der Waals surface area contributed by atoms with E-state index in [1.165, 1.54) is 11.6 Å². The Morgan fingerprint density at radius 1 is 1.14 bits per heavy atom. The molecule has 2 unspecified atom stereocenters. The molecule has 1 nitrogen and oxygen atoms in total. The molecule has 0 saturated carbocycles. The second-order valence-corrected chi connectivity index (χ2v) is 6.72. The van der Waals surface area contributed by atoms with Gasteiger partial charge in [-0.3, -0.25) is 0 Å². The summed E-state index contributed by atoms with van der Waals surface area (Å²) in [6.45, 7) is 1.82. The molecule has 1 aliphatic heterocycles. The summed E-state index contributed by atoms with van der Waals surface area (Å²) in [6, 6.07) is 12.8. The van der Waals surface area contributed by atoms with Crippen LogP contribution in [0.3, 0.4) is 0 Å². The lowest BCUT2D eigenvalue weighted by atomic mass is 9.77. The second kappa shape index (κ2) is 6.47. The second-order valence-electron chi connectivity index (χ2n) is 5.43. The van der Waals surface area contributed by atoms with Crippen LogP contribution < -0.4 is 5.32 Å². The van der Waals surface area contributed by atoms with Crippen LogP contribution in [0.1, 0.15) is 29.4 Å². The summed E-state index contributed by atoms with van der Waals surface area (Å²) in [4.78, 5) is 0. The molecule has 3 rings (SSSR count). The van der Waals surface area contributed by atoms with Crippen LogP contribution >= 0.6 is 27.5 Å². The molecule has 0 aliphatic carbocycles. The Labute approximate surface area is 137 Å². The van der Waals surface area contributed by atoms with Crippen molar-refractivity contribution in [3.63, 3.8) is 0 Å². The van der Waals surface area contributed by atoms with E-state index in [1.54, 1.807) is 12.1 Å². The first kappa shape index (κ1) is 15.0. The minimum Gasteiger partial charge on any atom is -0.316 e. The van der Waals surface area contributed by atoms with Gasteiger partial charge < -0.3 is 5.32 Å². The van der Waals surface area contributed by atoms with Crippen molar-refractivity contribution in [2.45, 2.75) is 18.3 Å². The minimum absolute atomic E-state index is 0.179. The van der Waals surface area contributed by atoms with Crippen LogP contribution in [-0.4, -0.2) is 13.1 Å². The SMILES string of the molecule is Fc1cccc(C2CNCCC2c2cc(Cl)ccc2Br)c1. The number of nitrogens with one attached hydrogen (secondary N) is 1. The van der Waals surface area contributed by atoms with E-state index in [1.807, 2.05) is 24.3 Å². The van der Waals surface area contributed by atoms with Gasteiger partial charge in [0.1, 0.15) is 5.82 Å². The topological polar surface area (TPSA) is 12.0 Å². The highest BCUT2D eigenvalue weighted by Gasteiger charge is 2.29. The van der Waals surface area contributed by atoms with Gasteiger partial charge in [-0.1, -0.05) is 39.7 Å². The number of hydrogen-bond donors (Lipinski definition) is 1. The third-order valence-corrected chi connectivity index (χ3v) is 5.07. The summed E-state index contributed by atoms with van der Waals surface area (Å²) in [5.41, 5.74) is 2.25. The van der Waals surface area contributed by atoms with Crippen molar-refractivity contribution < 1.29 is 4.39 Å². The first-order valence-corrected chi connectivity index (χ1v) is 8.23. The molecular weight excluding hydrogens is 353 g/mol. The standard InChI is InChI=1S/C17H16BrClFN/c18-17-5-4-12(19)9-15(17)14-6-7-21-10-16(14)11-2-1-3-13(20)8-11/h1-5,8-9,14,16,21H,6-7,10H2. The largest absolute Gasteiger partial charge is 0.316 e. The highest BCUT2D eigenvalue weighted by Crippen LogP contribution is 2.41. The van der Waals surface area contributed by atoms with Crippen LogP contribution in [0.15, 0.2) is 46.9 Å². The van der Waals surface area contributed by atoms with Crippen molar-refractivity contribution in [3.05, 3.63) is 68.9 Å². The van der Waals surface area contributed by atoms with Gasteiger partial charge in [-0.25, -0.2) is 4.39 Å². The fourth-order valence-corrected chi connectivity index (χ4v) is 3.84. The van der Waals surface area contributed by atoms with E-state index in [2.05, 4.69) is 21.2 Å². The molecule has 1 fully saturated rings. The van der Waals surface area contributed by atoms with Gasteiger partial charge in [0.25, 0.3) is 0 Å². The first-order valence-electron chi connectivity index (χ1n) is 7.06. The Kier molecular flexibility index (Phi) is 4.63. The molecule has 1 N–H and O–H groups in total. The van der Waals surface area contributed by atoms with Crippen LogP contribution in [0.4, 0.5) is 4.39 Å². The zero-order chi connectivity index (χ0) is 14.8. The molecule has 1 saturated heterocycles. The van der Waals surface area contributed by atoms with Gasteiger partial charge in [0.15, 0.2) is 0 Å². The molecule has 0 amide bonds. The molecule has 0 spiro atoms. The minimum atomic E-state index is -0.179. The van der Waals surface area contributed by atoms with Crippen molar-refractivity contribution in [1.29, 1.82) is 0 Å². The van der Waals surface area contributed by atoms with Gasteiger partial charge in [0.2, 0.25) is 0 Å². The molecule has 0 bridgehead atoms. The predicted molar refractivity (Wildman–Crippen MR) is 88.5 cm³/mol. The van der Waals surface area contributed by atoms with Crippen LogP contribution in [0.5, 0.6) is 0 Å². The van der Waals surface area contributed by atoms with Gasteiger partial charge in [-0.2, -0.15) is 0 Å². The van der Waals surface area contributed by atoms with Gasteiger partial charge in [0, 0.05) is 22.0 Å². The summed E-state index contributed by atoms with van der Waals surface area (Å²) < 4.78 is 14.6. The van der Waals surface area contributed by atoms with Crippen molar-refractivity contribution in [2.24, 2.45) is 0 Å². The predicted octanol–water partition coefficient (Wildman–Crippen LogP) is 5.10.